The number of carbonyl (C=O) groups is 6. The van der Waals surface area contributed by atoms with E-state index in [2.05, 4.69) is 38.2 Å². The second-order valence-corrected chi connectivity index (χ2v) is 9.59. The smallest absolute Gasteiger partial charge is 0.379 e. The quantitative estimate of drug-likeness (QED) is 0.0538. The van der Waals surface area contributed by atoms with Crippen molar-refractivity contribution in [3.05, 3.63) is 133 Å². The topological polar surface area (TPSA) is 158 Å². The molecule has 0 saturated carbocycles. The minimum atomic E-state index is -1.19. The first-order valence-electron chi connectivity index (χ1n) is 14.4. The highest BCUT2D eigenvalue weighted by Crippen LogP contribution is 2.35. The van der Waals surface area contributed by atoms with E-state index in [0.29, 0.717) is 11.1 Å². The molecule has 0 aliphatic rings. The van der Waals surface area contributed by atoms with Crippen molar-refractivity contribution in [2.45, 2.75) is 13.5 Å². The molecule has 3 rings (SSSR count). The van der Waals surface area contributed by atoms with Gasteiger partial charge in [0.1, 0.15) is 18.1 Å². The highest BCUT2D eigenvalue weighted by molar-refractivity contribution is 6.33. The lowest BCUT2D eigenvalue weighted by Crippen LogP contribution is -2.17. The zero-order valence-electron chi connectivity index (χ0n) is 26.9. The van der Waals surface area contributed by atoms with E-state index in [0.717, 1.165) is 49.6 Å². The Bertz CT molecular complexity index is 2030. The highest BCUT2D eigenvalue weighted by atomic mass is 19.1. The maximum atomic E-state index is 16.1. The largest absolute Gasteiger partial charge is 0.496 e. The molecule has 0 aliphatic carbocycles. The maximum absolute atomic E-state index is 16.1. The zero-order valence-corrected chi connectivity index (χ0v) is 26.9. The van der Waals surface area contributed by atoms with Gasteiger partial charge in [0.15, 0.2) is 23.1 Å². The van der Waals surface area contributed by atoms with E-state index in [1.807, 2.05) is 0 Å². The number of esters is 5. The summed E-state index contributed by atoms with van der Waals surface area (Å²) in [7, 11) is 0. The predicted octanol–water partition coefficient (Wildman–Crippen LogP) is 5.27. The summed E-state index contributed by atoms with van der Waals surface area (Å²) in [6.07, 6.45) is 5.62. The Morgan fingerprint density at radius 1 is 0.686 bits per heavy atom. The van der Waals surface area contributed by atoms with Crippen molar-refractivity contribution in [2.24, 2.45) is 0 Å². The van der Waals surface area contributed by atoms with E-state index in [1.165, 1.54) is 42.5 Å². The van der Waals surface area contributed by atoms with Crippen LogP contribution in [0.5, 0.6) is 28.7 Å². The predicted molar refractivity (Wildman–Crippen MR) is 179 cm³/mol. The lowest BCUT2D eigenvalue weighted by atomic mass is 10.1. The van der Waals surface area contributed by atoms with Gasteiger partial charge >= 0.3 is 29.8 Å². The molecule has 0 aliphatic heterocycles. The molecule has 0 spiro atoms. The molecule has 0 N–H and O–H groups in total. The van der Waals surface area contributed by atoms with Gasteiger partial charge in [0.2, 0.25) is 5.78 Å². The Hall–Kier alpha value is -7.33. The number of hydrogen-bond donors (Lipinski definition) is 0. The van der Waals surface area contributed by atoms with Crippen LogP contribution in [0.1, 0.15) is 29.2 Å². The fourth-order valence-corrected chi connectivity index (χ4v) is 3.64. The summed E-state index contributed by atoms with van der Waals surface area (Å²) in [5.41, 5.74) is 0.181. The SMILES string of the molecule is C=CC(=O)Oc1ccc(C#Cc2cc(OC(=O)C=C)c(/C=C/OCc3ccc(OC(=O)C(C)=O)c(OC(=O)C=C)c3)c(F)c2OC(=O)C=C)cc1. The van der Waals surface area contributed by atoms with E-state index in [-0.39, 0.29) is 40.7 Å². The minimum absolute atomic E-state index is 0.193. The summed E-state index contributed by atoms with van der Waals surface area (Å²) in [6, 6.07) is 11.1. The number of ketones is 1. The molecular formula is C38H27FO12. The third-order valence-corrected chi connectivity index (χ3v) is 6.01. The molecule has 0 unspecified atom stereocenters. The van der Waals surface area contributed by atoms with E-state index < -0.39 is 47.2 Å². The van der Waals surface area contributed by atoms with Crippen LogP contribution in [-0.4, -0.2) is 35.6 Å². The summed E-state index contributed by atoms with van der Waals surface area (Å²) in [6.45, 7) is 14.1. The number of Topliss-reactive ketones (excluding diaryl/α,β-unsaturated/α-hetero) is 1. The summed E-state index contributed by atoms with van der Waals surface area (Å²) < 4.78 is 47.1. The fraction of sp³-hybridized carbons (Fsp3) is 0.0526. The zero-order chi connectivity index (χ0) is 37.5. The van der Waals surface area contributed by atoms with Crippen molar-refractivity contribution in [3.63, 3.8) is 0 Å². The Balaban J connectivity index is 1.98. The van der Waals surface area contributed by atoms with Crippen LogP contribution in [-0.2, 0) is 40.1 Å². The number of hydrogen-bond acceptors (Lipinski definition) is 12. The van der Waals surface area contributed by atoms with Gasteiger partial charge in [0, 0.05) is 42.9 Å². The Morgan fingerprint density at radius 3 is 1.88 bits per heavy atom. The van der Waals surface area contributed by atoms with Crippen LogP contribution in [0.15, 0.2) is 105 Å². The van der Waals surface area contributed by atoms with Crippen LogP contribution >= 0.6 is 0 Å². The van der Waals surface area contributed by atoms with Crippen molar-refractivity contribution in [1.82, 2.24) is 0 Å². The van der Waals surface area contributed by atoms with Crippen LogP contribution in [0.2, 0.25) is 0 Å². The Kier molecular flexibility index (Phi) is 13.7. The van der Waals surface area contributed by atoms with Gasteiger partial charge in [-0.2, -0.15) is 0 Å². The summed E-state index contributed by atoms with van der Waals surface area (Å²) in [4.78, 5) is 70.7. The third-order valence-electron chi connectivity index (χ3n) is 6.01. The third kappa shape index (κ3) is 11.1. The van der Waals surface area contributed by atoms with E-state index in [1.54, 1.807) is 0 Å². The summed E-state index contributed by atoms with van der Waals surface area (Å²) >= 11 is 0. The van der Waals surface area contributed by atoms with Crippen LogP contribution in [0.25, 0.3) is 6.08 Å². The molecule has 3 aromatic rings. The van der Waals surface area contributed by atoms with Crippen LogP contribution < -0.4 is 23.7 Å². The molecule has 13 heteroatoms. The molecule has 0 fully saturated rings. The van der Waals surface area contributed by atoms with Crippen molar-refractivity contribution in [1.29, 1.82) is 0 Å². The highest BCUT2D eigenvalue weighted by Gasteiger charge is 2.22. The van der Waals surface area contributed by atoms with Gasteiger partial charge in [0.25, 0.3) is 0 Å². The number of halogens is 1. The lowest BCUT2D eigenvalue weighted by Gasteiger charge is -2.13. The molecule has 0 amide bonds. The molecule has 0 aromatic heterocycles. The standard InChI is InChI=1S/C38H27FO12/c1-6-32(41)47-27-15-11-24(12-16-27)10-14-26-21-30(48-33(42)7-2)28(36(39)37(26)51-35(44)9-4)18-19-46-22-25-13-17-29(50-38(45)23(5)40)31(20-25)49-34(43)8-3/h6-9,11-13,15-21H,1-4,22H2,5H3/b19-18+. The van der Waals surface area contributed by atoms with Gasteiger partial charge in [0.05, 0.1) is 17.4 Å². The van der Waals surface area contributed by atoms with Crippen molar-refractivity contribution >= 4 is 41.7 Å². The Morgan fingerprint density at radius 2 is 1.27 bits per heavy atom. The van der Waals surface area contributed by atoms with E-state index in [4.69, 9.17) is 28.4 Å². The average molecular weight is 695 g/mol. The van der Waals surface area contributed by atoms with Crippen molar-refractivity contribution in [3.8, 4) is 40.6 Å². The maximum Gasteiger partial charge on any atom is 0.379 e. The lowest BCUT2D eigenvalue weighted by molar-refractivity contribution is -0.146. The number of ether oxygens (including phenoxy) is 6. The molecule has 0 bridgehead atoms. The first-order chi connectivity index (χ1) is 24.4. The van der Waals surface area contributed by atoms with Crippen molar-refractivity contribution < 1.29 is 61.6 Å². The molecular weight excluding hydrogens is 667 g/mol. The number of carbonyl (C=O) groups excluding carboxylic acids is 6. The van der Waals surface area contributed by atoms with E-state index >= 15 is 4.39 Å². The van der Waals surface area contributed by atoms with Gasteiger partial charge in [-0.3, -0.25) is 4.79 Å². The molecule has 51 heavy (non-hydrogen) atoms. The van der Waals surface area contributed by atoms with Gasteiger partial charge in [-0.1, -0.05) is 44.2 Å². The van der Waals surface area contributed by atoms with Crippen LogP contribution in [0, 0.1) is 17.7 Å². The van der Waals surface area contributed by atoms with Crippen LogP contribution in [0.3, 0.4) is 0 Å². The number of rotatable bonds is 14. The van der Waals surface area contributed by atoms with Crippen LogP contribution in [0.4, 0.5) is 4.39 Å². The second-order valence-electron chi connectivity index (χ2n) is 9.59. The summed E-state index contributed by atoms with van der Waals surface area (Å²) in [5, 5.41) is 0. The monoisotopic (exact) mass is 694 g/mol. The van der Waals surface area contributed by atoms with Crippen molar-refractivity contribution in [2.75, 3.05) is 0 Å². The average Bonchev–Trinajstić information content (AvgIpc) is 3.12. The van der Waals surface area contributed by atoms with Gasteiger partial charge in [-0.05, 0) is 48.0 Å². The second kappa shape index (κ2) is 18.3. The minimum Gasteiger partial charge on any atom is -0.496 e. The first kappa shape index (κ1) is 38.1. The molecule has 0 heterocycles. The van der Waals surface area contributed by atoms with Gasteiger partial charge < -0.3 is 28.4 Å². The summed E-state index contributed by atoms with van der Waals surface area (Å²) in [5.74, 6) is -2.50. The van der Waals surface area contributed by atoms with Gasteiger partial charge in [-0.25, -0.2) is 28.4 Å². The molecule has 0 radical (unpaired) electrons. The molecule has 258 valence electrons. The molecule has 0 saturated heterocycles. The Labute approximate surface area is 290 Å². The fourth-order valence-electron chi connectivity index (χ4n) is 3.64. The first-order valence-corrected chi connectivity index (χ1v) is 14.4. The normalized spacial score (nSPS) is 10.0. The molecule has 12 nitrogen and oxygen atoms in total. The van der Waals surface area contributed by atoms with E-state index in [9.17, 15) is 28.8 Å². The molecule has 0 atom stereocenters. The molecule has 3 aromatic carbocycles. The number of benzene rings is 3. The van der Waals surface area contributed by atoms with Gasteiger partial charge in [-0.15, -0.1) is 0 Å².